The summed E-state index contributed by atoms with van der Waals surface area (Å²) < 4.78 is 0. The Bertz CT molecular complexity index is 410. The number of aromatic hydroxyl groups is 1. The van der Waals surface area contributed by atoms with E-state index in [0.29, 0.717) is 30.5 Å². The summed E-state index contributed by atoms with van der Waals surface area (Å²) in [5, 5.41) is 38.9. The SMILES string of the molecule is CCC([O-])=NCCc1cc(CO)c(O)c(CO)c1.[Na+]. The number of hydrogen-bond acceptors (Lipinski definition) is 5. The van der Waals surface area contributed by atoms with Gasteiger partial charge in [-0.3, -0.25) is 0 Å². The van der Waals surface area contributed by atoms with Gasteiger partial charge >= 0.3 is 29.6 Å². The fourth-order valence-electron chi connectivity index (χ4n) is 1.64. The first-order valence-electron chi connectivity index (χ1n) is 5.88. The van der Waals surface area contributed by atoms with Gasteiger partial charge in [-0.05, 0) is 36.4 Å². The smallest absolute Gasteiger partial charge is 0.862 e. The minimum Gasteiger partial charge on any atom is -0.862 e. The van der Waals surface area contributed by atoms with E-state index in [1.54, 1.807) is 19.1 Å². The van der Waals surface area contributed by atoms with Crippen LogP contribution >= 0.6 is 0 Å². The third-order valence-corrected chi connectivity index (χ3v) is 2.66. The van der Waals surface area contributed by atoms with Gasteiger partial charge in [-0.15, -0.1) is 0 Å². The van der Waals surface area contributed by atoms with Crippen molar-refractivity contribution >= 4 is 5.90 Å². The van der Waals surface area contributed by atoms with Gasteiger partial charge < -0.3 is 25.4 Å². The monoisotopic (exact) mass is 275 g/mol. The number of nitrogens with zero attached hydrogens (tertiary/aromatic N) is 1. The minimum atomic E-state index is -0.294. The maximum atomic E-state index is 11.0. The summed E-state index contributed by atoms with van der Waals surface area (Å²) in [5.41, 5.74) is 1.57. The largest absolute Gasteiger partial charge is 1.00 e. The Balaban J connectivity index is 0.00000324. The maximum absolute atomic E-state index is 11.0. The summed E-state index contributed by atoms with van der Waals surface area (Å²) in [6, 6.07) is 3.31. The third kappa shape index (κ3) is 5.50. The van der Waals surface area contributed by atoms with Crippen molar-refractivity contribution in [3.63, 3.8) is 0 Å². The second-order valence-corrected chi connectivity index (χ2v) is 3.96. The molecular formula is C13H18NNaO4. The summed E-state index contributed by atoms with van der Waals surface area (Å²) >= 11 is 0. The molecule has 0 amide bonds. The fraction of sp³-hybridized carbons (Fsp3) is 0.462. The summed E-state index contributed by atoms with van der Waals surface area (Å²) in [7, 11) is 0. The van der Waals surface area contributed by atoms with Gasteiger partial charge in [-0.1, -0.05) is 6.92 Å². The van der Waals surface area contributed by atoms with Crippen LogP contribution in [0.2, 0.25) is 0 Å². The van der Waals surface area contributed by atoms with Crippen molar-refractivity contribution in [3.8, 4) is 5.75 Å². The van der Waals surface area contributed by atoms with Crippen LogP contribution in [0.4, 0.5) is 0 Å². The minimum absolute atomic E-state index is 0. The summed E-state index contributed by atoms with van der Waals surface area (Å²) in [6.07, 6.45) is 0.922. The van der Waals surface area contributed by atoms with E-state index in [4.69, 9.17) is 10.2 Å². The number of hydrogen-bond donors (Lipinski definition) is 3. The number of aliphatic hydroxyl groups is 2. The maximum Gasteiger partial charge on any atom is 1.00 e. The Morgan fingerprint density at radius 3 is 2.16 bits per heavy atom. The molecule has 6 heteroatoms. The van der Waals surface area contributed by atoms with Crippen LogP contribution in [0.3, 0.4) is 0 Å². The molecule has 0 heterocycles. The van der Waals surface area contributed by atoms with Crippen LogP contribution < -0.4 is 34.7 Å². The quantitative estimate of drug-likeness (QED) is 0.295. The Morgan fingerprint density at radius 2 is 1.74 bits per heavy atom. The molecule has 5 nitrogen and oxygen atoms in total. The normalized spacial score (nSPS) is 11.2. The van der Waals surface area contributed by atoms with Gasteiger partial charge in [-0.2, -0.15) is 0 Å². The van der Waals surface area contributed by atoms with Gasteiger partial charge in [0, 0.05) is 17.7 Å². The molecule has 0 unspecified atom stereocenters. The molecule has 19 heavy (non-hydrogen) atoms. The van der Waals surface area contributed by atoms with Crippen LogP contribution in [0.15, 0.2) is 17.1 Å². The van der Waals surface area contributed by atoms with Crippen molar-refractivity contribution in [1.29, 1.82) is 0 Å². The van der Waals surface area contributed by atoms with Gasteiger partial charge in [-0.25, -0.2) is 0 Å². The zero-order valence-corrected chi connectivity index (χ0v) is 13.4. The topological polar surface area (TPSA) is 96.1 Å². The Morgan fingerprint density at radius 1 is 1.21 bits per heavy atom. The van der Waals surface area contributed by atoms with Crippen molar-refractivity contribution in [1.82, 2.24) is 0 Å². The average molecular weight is 275 g/mol. The van der Waals surface area contributed by atoms with E-state index >= 15 is 0 Å². The Hall–Kier alpha value is -0.590. The van der Waals surface area contributed by atoms with Crippen LogP contribution in [0.1, 0.15) is 30.0 Å². The van der Waals surface area contributed by atoms with Crippen LogP contribution in [-0.4, -0.2) is 27.8 Å². The first kappa shape index (κ1) is 18.4. The van der Waals surface area contributed by atoms with Crippen LogP contribution in [0.5, 0.6) is 5.75 Å². The van der Waals surface area contributed by atoms with E-state index in [9.17, 15) is 10.2 Å². The third-order valence-electron chi connectivity index (χ3n) is 2.66. The molecule has 0 fully saturated rings. The average Bonchev–Trinajstić information content (AvgIpc) is 2.39. The van der Waals surface area contributed by atoms with Gasteiger partial charge in [0.1, 0.15) is 5.75 Å². The van der Waals surface area contributed by atoms with Crippen LogP contribution in [0.25, 0.3) is 0 Å². The number of benzene rings is 1. The molecule has 0 bridgehead atoms. The molecule has 0 saturated heterocycles. The van der Waals surface area contributed by atoms with E-state index in [0.717, 1.165) is 5.56 Å². The van der Waals surface area contributed by atoms with E-state index < -0.39 is 0 Å². The molecule has 1 aromatic rings. The molecule has 100 valence electrons. The van der Waals surface area contributed by atoms with Gasteiger partial charge in [0.05, 0.1) is 13.2 Å². The van der Waals surface area contributed by atoms with Crippen molar-refractivity contribution in [2.75, 3.05) is 6.54 Å². The van der Waals surface area contributed by atoms with Crippen molar-refractivity contribution < 1.29 is 50.0 Å². The van der Waals surface area contributed by atoms with Crippen molar-refractivity contribution in [3.05, 3.63) is 28.8 Å². The predicted octanol–water partition coefficient (Wildman–Crippen LogP) is -2.91. The second kappa shape index (κ2) is 9.34. The molecule has 1 rings (SSSR count). The van der Waals surface area contributed by atoms with Gasteiger partial charge in [0.2, 0.25) is 0 Å². The fourth-order valence-corrected chi connectivity index (χ4v) is 1.64. The molecule has 0 spiro atoms. The summed E-state index contributed by atoms with van der Waals surface area (Å²) in [6.45, 7) is 1.53. The van der Waals surface area contributed by atoms with Gasteiger partial charge in [0.25, 0.3) is 0 Å². The molecular weight excluding hydrogens is 257 g/mol. The second-order valence-electron chi connectivity index (χ2n) is 3.96. The van der Waals surface area contributed by atoms with Crippen molar-refractivity contribution in [2.45, 2.75) is 33.0 Å². The van der Waals surface area contributed by atoms with E-state index in [2.05, 4.69) is 4.99 Å². The summed E-state index contributed by atoms with van der Waals surface area (Å²) in [5.74, 6) is -0.219. The number of aliphatic imine (C=N–C) groups is 1. The van der Waals surface area contributed by atoms with E-state index in [1.807, 2.05) is 0 Å². The number of phenols is 1. The summed E-state index contributed by atoms with van der Waals surface area (Å²) in [4.78, 5) is 3.84. The van der Waals surface area contributed by atoms with E-state index in [1.165, 1.54) is 0 Å². The number of aliphatic hydroxyl groups excluding tert-OH is 2. The zero-order chi connectivity index (χ0) is 13.5. The molecule has 0 aliphatic carbocycles. The molecule has 0 saturated carbocycles. The van der Waals surface area contributed by atoms with E-state index in [-0.39, 0.29) is 54.4 Å². The van der Waals surface area contributed by atoms with Crippen LogP contribution in [-0.2, 0) is 19.6 Å². The first-order valence-corrected chi connectivity index (χ1v) is 5.88. The molecule has 3 N–H and O–H groups in total. The van der Waals surface area contributed by atoms with Crippen molar-refractivity contribution in [2.24, 2.45) is 4.99 Å². The first-order chi connectivity index (χ1) is 8.62. The predicted molar refractivity (Wildman–Crippen MR) is 66.2 cm³/mol. The Labute approximate surface area is 134 Å². The van der Waals surface area contributed by atoms with Gasteiger partial charge in [0.15, 0.2) is 0 Å². The molecule has 0 aromatic heterocycles. The molecule has 0 atom stereocenters. The number of rotatable bonds is 6. The zero-order valence-electron chi connectivity index (χ0n) is 11.4. The molecule has 0 aliphatic heterocycles. The standard InChI is InChI=1S/C13H19NO4.Na/c1-2-12(17)14-4-3-9-5-10(7-15)13(18)11(6-9)8-16;/h5-6,15-16,18H,2-4,7-8H2,1H3,(H,14,17);/q;+1/p-1. The molecule has 0 radical (unpaired) electrons. The molecule has 0 aliphatic rings. The van der Waals surface area contributed by atoms with Crippen LogP contribution in [0, 0.1) is 0 Å². The Kier molecular flexibility index (Phi) is 9.05. The molecule has 1 aromatic carbocycles.